The smallest absolute Gasteiger partial charge is 0.224 e. The fraction of sp³-hybridized carbons (Fsp3) is 0.300. The van der Waals surface area contributed by atoms with Gasteiger partial charge in [-0.3, -0.25) is 4.40 Å². The maximum atomic E-state index is 14.7. The number of rotatable bonds is 5. The van der Waals surface area contributed by atoms with E-state index < -0.39 is 20.5 Å². The first-order valence-electron chi connectivity index (χ1n) is 9.27. The standard InChI is InChI=1S/C20H21FN4O4S/c1-20(2,3)30(27,28)16-11-25-14(10-23-17(25)9-15(16)29-7-6-26)13-8-12-4-5-22-19(12)24-18(13)21/h4-5,8-11,26H,6-7H2,1-3H3,(H,22,24). The van der Waals surface area contributed by atoms with Crippen molar-refractivity contribution in [3.05, 3.63) is 42.7 Å². The maximum Gasteiger partial charge on any atom is 0.224 e. The van der Waals surface area contributed by atoms with E-state index in [0.29, 0.717) is 22.4 Å². The first kappa shape index (κ1) is 20.3. The highest BCUT2D eigenvalue weighted by atomic mass is 32.2. The molecule has 30 heavy (non-hydrogen) atoms. The van der Waals surface area contributed by atoms with Gasteiger partial charge in [0, 0.05) is 23.8 Å². The van der Waals surface area contributed by atoms with Crippen molar-refractivity contribution < 1.29 is 22.7 Å². The van der Waals surface area contributed by atoms with Crippen LogP contribution in [0.4, 0.5) is 4.39 Å². The van der Waals surface area contributed by atoms with Gasteiger partial charge >= 0.3 is 0 Å². The summed E-state index contributed by atoms with van der Waals surface area (Å²) in [5.41, 5.74) is 1.34. The monoisotopic (exact) mass is 432 g/mol. The normalized spacial score (nSPS) is 12.7. The Morgan fingerprint density at radius 3 is 2.77 bits per heavy atom. The van der Waals surface area contributed by atoms with Gasteiger partial charge in [-0.25, -0.2) is 18.4 Å². The van der Waals surface area contributed by atoms with Crippen molar-refractivity contribution in [2.24, 2.45) is 0 Å². The van der Waals surface area contributed by atoms with Crippen LogP contribution in [-0.4, -0.2) is 50.8 Å². The molecule has 0 amide bonds. The van der Waals surface area contributed by atoms with E-state index >= 15 is 0 Å². The topological polar surface area (TPSA) is 110 Å². The Bertz CT molecular complexity index is 1350. The van der Waals surface area contributed by atoms with Gasteiger partial charge < -0.3 is 14.8 Å². The minimum absolute atomic E-state index is 0.0636. The number of aromatic amines is 1. The van der Waals surface area contributed by atoms with Gasteiger partial charge in [-0.1, -0.05) is 0 Å². The molecule has 0 aliphatic heterocycles. The first-order valence-corrected chi connectivity index (χ1v) is 10.7. The largest absolute Gasteiger partial charge is 0.490 e. The summed E-state index contributed by atoms with van der Waals surface area (Å²) in [6.45, 7) is 4.41. The molecule has 0 unspecified atom stereocenters. The second kappa shape index (κ2) is 7.06. The van der Waals surface area contributed by atoms with Crippen LogP contribution in [0.2, 0.25) is 0 Å². The summed E-state index contributed by atoms with van der Waals surface area (Å²) < 4.78 is 47.0. The first-order chi connectivity index (χ1) is 14.1. The predicted molar refractivity (Wildman–Crippen MR) is 110 cm³/mol. The van der Waals surface area contributed by atoms with Crippen LogP contribution in [0.5, 0.6) is 5.75 Å². The fourth-order valence-electron chi connectivity index (χ4n) is 3.13. The minimum atomic E-state index is -3.81. The number of pyridine rings is 2. The van der Waals surface area contributed by atoms with Crippen LogP contribution in [0.3, 0.4) is 0 Å². The summed E-state index contributed by atoms with van der Waals surface area (Å²) in [7, 11) is -3.81. The highest BCUT2D eigenvalue weighted by molar-refractivity contribution is 7.92. The van der Waals surface area contributed by atoms with Crippen molar-refractivity contribution in [1.82, 2.24) is 19.4 Å². The highest BCUT2D eigenvalue weighted by Crippen LogP contribution is 2.35. The summed E-state index contributed by atoms with van der Waals surface area (Å²) in [5, 5.41) is 9.81. The Morgan fingerprint density at radius 1 is 1.30 bits per heavy atom. The number of H-pyrrole nitrogens is 1. The molecule has 8 nitrogen and oxygen atoms in total. The van der Waals surface area contributed by atoms with E-state index in [2.05, 4.69) is 15.0 Å². The van der Waals surface area contributed by atoms with E-state index in [0.717, 1.165) is 0 Å². The molecule has 158 valence electrons. The van der Waals surface area contributed by atoms with E-state index in [1.807, 2.05) is 0 Å². The molecule has 0 saturated heterocycles. The molecule has 0 atom stereocenters. The average Bonchev–Trinajstić information content (AvgIpc) is 3.29. The highest BCUT2D eigenvalue weighted by Gasteiger charge is 2.34. The number of ether oxygens (including phenoxy) is 1. The van der Waals surface area contributed by atoms with Gasteiger partial charge in [-0.15, -0.1) is 0 Å². The molecule has 0 radical (unpaired) electrons. The molecule has 2 N–H and O–H groups in total. The Hall–Kier alpha value is -2.98. The third-order valence-electron chi connectivity index (χ3n) is 4.78. The second-order valence-electron chi connectivity index (χ2n) is 7.80. The van der Waals surface area contributed by atoms with Crippen LogP contribution < -0.4 is 4.74 Å². The lowest BCUT2D eigenvalue weighted by Crippen LogP contribution is -2.28. The molecule has 4 heterocycles. The number of imidazole rings is 1. The Labute approximate surface area is 172 Å². The second-order valence-corrected chi connectivity index (χ2v) is 10.5. The van der Waals surface area contributed by atoms with E-state index in [1.165, 1.54) is 22.9 Å². The summed E-state index contributed by atoms with van der Waals surface area (Å²) in [4.78, 5) is 11.0. The quantitative estimate of drug-likeness (QED) is 0.469. The van der Waals surface area contributed by atoms with Gasteiger partial charge in [-0.2, -0.15) is 4.39 Å². The number of fused-ring (bicyclic) bond motifs is 2. The molecule has 0 aromatic carbocycles. The zero-order chi connectivity index (χ0) is 21.7. The number of hydrogen-bond donors (Lipinski definition) is 2. The number of hydrogen-bond acceptors (Lipinski definition) is 6. The molecule has 0 saturated carbocycles. The van der Waals surface area contributed by atoms with E-state index in [1.54, 1.807) is 39.1 Å². The van der Waals surface area contributed by atoms with Gasteiger partial charge in [0.1, 0.15) is 28.5 Å². The van der Waals surface area contributed by atoms with Crippen molar-refractivity contribution in [2.75, 3.05) is 13.2 Å². The number of sulfone groups is 1. The van der Waals surface area contributed by atoms with E-state index in [9.17, 15) is 12.8 Å². The summed E-state index contributed by atoms with van der Waals surface area (Å²) >= 11 is 0. The van der Waals surface area contributed by atoms with Crippen LogP contribution >= 0.6 is 0 Å². The minimum Gasteiger partial charge on any atom is -0.490 e. The van der Waals surface area contributed by atoms with E-state index in [4.69, 9.17) is 9.84 Å². The van der Waals surface area contributed by atoms with Crippen molar-refractivity contribution in [3.8, 4) is 17.0 Å². The lowest BCUT2D eigenvalue weighted by molar-refractivity contribution is 0.198. The van der Waals surface area contributed by atoms with Crippen molar-refractivity contribution in [3.63, 3.8) is 0 Å². The molecule has 0 bridgehead atoms. The number of halogens is 1. The van der Waals surface area contributed by atoms with Crippen molar-refractivity contribution >= 4 is 26.5 Å². The summed E-state index contributed by atoms with van der Waals surface area (Å²) in [6.07, 6.45) is 4.50. The number of nitrogens with zero attached hydrogens (tertiary/aromatic N) is 3. The molecule has 0 aliphatic carbocycles. The van der Waals surface area contributed by atoms with Crippen LogP contribution in [0.1, 0.15) is 20.8 Å². The Balaban J connectivity index is 1.98. The molecule has 4 aromatic heterocycles. The number of nitrogens with one attached hydrogen (secondary N) is 1. The van der Waals surface area contributed by atoms with Crippen molar-refractivity contribution in [1.29, 1.82) is 0 Å². The average molecular weight is 432 g/mol. The van der Waals surface area contributed by atoms with Crippen LogP contribution in [0, 0.1) is 5.95 Å². The zero-order valence-corrected chi connectivity index (χ0v) is 17.5. The summed E-state index contributed by atoms with van der Waals surface area (Å²) in [5.74, 6) is -0.615. The molecule has 0 spiro atoms. The van der Waals surface area contributed by atoms with Crippen LogP contribution in [-0.2, 0) is 9.84 Å². The van der Waals surface area contributed by atoms with Crippen LogP contribution in [0.25, 0.3) is 27.9 Å². The number of aliphatic hydroxyl groups is 1. The maximum absolute atomic E-state index is 14.7. The predicted octanol–water partition coefficient (Wildman–Crippen LogP) is 2.96. The zero-order valence-electron chi connectivity index (χ0n) is 16.7. The Kier molecular flexibility index (Phi) is 4.78. The molecular weight excluding hydrogens is 411 g/mol. The molecule has 4 aromatic rings. The SMILES string of the molecule is CC(C)(C)S(=O)(=O)c1cn2c(-c3cc4cc[nH]c4nc3F)cnc2cc1OCCO. The Morgan fingerprint density at radius 2 is 2.07 bits per heavy atom. The number of aromatic nitrogens is 4. The van der Waals surface area contributed by atoms with Gasteiger partial charge in [0.15, 0.2) is 9.84 Å². The third-order valence-corrected chi connectivity index (χ3v) is 7.28. The molecular formula is C20H21FN4O4S. The van der Waals surface area contributed by atoms with Gasteiger partial charge in [0.25, 0.3) is 0 Å². The third kappa shape index (κ3) is 3.21. The summed E-state index contributed by atoms with van der Waals surface area (Å²) in [6, 6.07) is 4.87. The molecule has 0 aliphatic rings. The molecule has 10 heteroatoms. The van der Waals surface area contributed by atoms with E-state index in [-0.39, 0.29) is 29.4 Å². The molecule has 4 rings (SSSR count). The lowest BCUT2D eigenvalue weighted by Gasteiger charge is -2.21. The van der Waals surface area contributed by atoms with Gasteiger partial charge in [0.2, 0.25) is 5.95 Å². The van der Waals surface area contributed by atoms with Gasteiger partial charge in [0.05, 0.1) is 28.8 Å². The number of aliphatic hydroxyl groups excluding tert-OH is 1. The fourth-order valence-corrected chi connectivity index (χ4v) is 4.41. The lowest BCUT2D eigenvalue weighted by atomic mass is 10.2. The molecule has 0 fully saturated rings. The van der Waals surface area contributed by atoms with Crippen LogP contribution in [0.15, 0.2) is 41.7 Å². The van der Waals surface area contributed by atoms with Crippen molar-refractivity contribution in [2.45, 2.75) is 30.4 Å². The van der Waals surface area contributed by atoms with Gasteiger partial charge in [-0.05, 0) is 32.9 Å².